The highest BCUT2D eigenvalue weighted by Gasteiger charge is 2.23. The summed E-state index contributed by atoms with van der Waals surface area (Å²) in [4.78, 5) is 29.0. The molecule has 10 heteroatoms. The molecule has 0 radical (unpaired) electrons. The van der Waals surface area contributed by atoms with E-state index in [1.165, 1.54) is 24.1 Å². The van der Waals surface area contributed by atoms with Crippen LogP contribution in [0, 0.1) is 10.1 Å². The maximum absolute atomic E-state index is 13.3. The number of rotatable bonds is 8. The number of ether oxygens (including phenoxy) is 2. The van der Waals surface area contributed by atoms with Crippen molar-refractivity contribution < 1.29 is 14.4 Å². The van der Waals surface area contributed by atoms with Gasteiger partial charge in [-0.2, -0.15) is 9.78 Å². The molecular weight excluding hydrogens is 492 g/mol. The molecule has 1 aromatic heterocycles. The van der Waals surface area contributed by atoms with Crippen LogP contribution in [-0.4, -0.2) is 34.0 Å². The van der Waals surface area contributed by atoms with E-state index < -0.39 is 4.92 Å². The number of benzene rings is 2. The summed E-state index contributed by atoms with van der Waals surface area (Å²) in [6.07, 6.45) is 1.86. The number of nitro benzene ring substituents is 1. The van der Waals surface area contributed by atoms with Crippen molar-refractivity contribution in [3.63, 3.8) is 0 Å². The highest BCUT2D eigenvalue weighted by Crippen LogP contribution is 2.38. The third kappa shape index (κ3) is 5.22. The average Bonchev–Trinajstić information content (AvgIpc) is 2.78. The third-order valence-electron chi connectivity index (χ3n) is 5.04. The molecule has 0 saturated carbocycles. The van der Waals surface area contributed by atoms with Gasteiger partial charge in [0, 0.05) is 22.0 Å². The Morgan fingerprint density at radius 1 is 1.27 bits per heavy atom. The molecule has 0 unspecified atom stereocenters. The van der Waals surface area contributed by atoms with Crippen molar-refractivity contribution in [2.75, 3.05) is 7.11 Å². The van der Waals surface area contributed by atoms with Crippen LogP contribution in [-0.2, 0) is 0 Å². The Bertz CT molecular complexity index is 1290. The first-order valence-corrected chi connectivity index (χ1v) is 11.2. The Balaban J connectivity index is 2.19. The van der Waals surface area contributed by atoms with E-state index in [9.17, 15) is 14.9 Å². The largest absolute Gasteiger partial charge is 0.493 e. The van der Waals surface area contributed by atoms with Crippen molar-refractivity contribution >= 4 is 38.7 Å². The van der Waals surface area contributed by atoms with Crippen molar-refractivity contribution in [3.05, 3.63) is 66.7 Å². The monoisotopic (exact) mass is 516 g/mol. The summed E-state index contributed by atoms with van der Waals surface area (Å²) in [7, 11) is 1.41. The third-order valence-corrected chi connectivity index (χ3v) is 5.53. The highest BCUT2D eigenvalue weighted by atomic mass is 79.9. The lowest BCUT2D eigenvalue weighted by atomic mass is 10.1. The van der Waals surface area contributed by atoms with Gasteiger partial charge in [0.05, 0.1) is 35.3 Å². The minimum atomic E-state index is -0.538. The molecule has 0 saturated heterocycles. The van der Waals surface area contributed by atoms with E-state index >= 15 is 0 Å². The van der Waals surface area contributed by atoms with Gasteiger partial charge in [0.15, 0.2) is 5.75 Å². The second kappa shape index (κ2) is 10.1. The maximum Gasteiger partial charge on any atom is 0.315 e. The highest BCUT2D eigenvalue weighted by molar-refractivity contribution is 9.10. The lowest BCUT2D eigenvalue weighted by molar-refractivity contribution is -0.386. The van der Waals surface area contributed by atoms with E-state index in [0.29, 0.717) is 22.3 Å². The molecule has 0 aliphatic rings. The molecule has 9 nitrogen and oxygen atoms in total. The summed E-state index contributed by atoms with van der Waals surface area (Å²) in [6.45, 7) is 7.50. The Labute approximate surface area is 199 Å². The van der Waals surface area contributed by atoms with Crippen LogP contribution in [0.2, 0.25) is 0 Å². The molecule has 1 atom stereocenters. The normalized spacial score (nSPS) is 12.5. The Morgan fingerprint density at radius 2 is 2.00 bits per heavy atom. The molecule has 0 N–H and O–H groups in total. The Hall–Kier alpha value is -3.27. The van der Waals surface area contributed by atoms with E-state index in [2.05, 4.69) is 26.0 Å². The standard InChI is InChI=1S/C23H25BrN4O5/c1-6-14(4)22-26-18-8-7-16(24)11-17(18)23(29)27(22)25-12-15-9-19(28(30)31)21(33-13(2)3)20(10-15)32-5/h7-14H,6H2,1-5H3/t14-/m1/s1. The van der Waals surface area contributed by atoms with Crippen LogP contribution in [0.5, 0.6) is 11.5 Å². The second-order valence-electron chi connectivity index (χ2n) is 7.80. The van der Waals surface area contributed by atoms with Gasteiger partial charge in [-0.1, -0.05) is 29.8 Å². The molecule has 3 rings (SSSR count). The van der Waals surface area contributed by atoms with Gasteiger partial charge in [0.1, 0.15) is 5.82 Å². The molecule has 0 aliphatic heterocycles. The number of fused-ring (bicyclic) bond motifs is 1. The van der Waals surface area contributed by atoms with Gasteiger partial charge in [-0.3, -0.25) is 14.9 Å². The Kier molecular flexibility index (Phi) is 7.47. The maximum atomic E-state index is 13.3. The van der Waals surface area contributed by atoms with Crippen LogP contribution in [0.3, 0.4) is 0 Å². The molecule has 0 aliphatic carbocycles. The molecular formula is C23H25BrN4O5. The molecule has 33 heavy (non-hydrogen) atoms. The topological polar surface area (TPSA) is 109 Å². The van der Waals surface area contributed by atoms with Crippen molar-refractivity contribution in [1.29, 1.82) is 0 Å². The van der Waals surface area contributed by atoms with Crippen LogP contribution in [0.1, 0.15) is 51.4 Å². The van der Waals surface area contributed by atoms with Gasteiger partial charge in [0.2, 0.25) is 5.75 Å². The first kappa shape index (κ1) is 24.4. The number of nitrogens with zero attached hydrogens (tertiary/aromatic N) is 4. The zero-order chi connectivity index (χ0) is 24.3. The van der Waals surface area contributed by atoms with Crippen molar-refractivity contribution in [3.8, 4) is 11.5 Å². The van der Waals surface area contributed by atoms with Gasteiger partial charge in [-0.25, -0.2) is 4.98 Å². The SMILES string of the molecule is CC[C@@H](C)c1nc2ccc(Br)cc2c(=O)n1N=Cc1cc(OC)c(OC(C)C)c([N+](=O)[O-])c1. The average molecular weight is 517 g/mol. The lowest BCUT2D eigenvalue weighted by Crippen LogP contribution is -2.23. The van der Waals surface area contributed by atoms with E-state index in [1.807, 2.05) is 19.9 Å². The smallest absolute Gasteiger partial charge is 0.315 e. The van der Waals surface area contributed by atoms with Gasteiger partial charge in [-0.15, -0.1) is 0 Å². The minimum Gasteiger partial charge on any atom is -0.493 e. The summed E-state index contributed by atoms with van der Waals surface area (Å²) >= 11 is 3.39. The van der Waals surface area contributed by atoms with Gasteiger partial charge < -0.3 is 9.47 Å². The molecule has 0 fully saturated rings. The van der Waals surface area contributed by atoms with Crippen LogP contribution in [0.15, 0.2) is 44.7 Å². The van der Waals surface area contributed by atoms with Crippen LogP contribution in [0.25, 0.3) is 10.9 Å². The fraction of sp³-hybridized carbons (Fsp3) is 0.348. The summed E-state index contributed by atoms with van der Waals surface area (Å²) < 4.78 is 12.9. The second-order valence-corrected chi connectivity index (χ2v) is 8.71. The first-order chi connectivity index (χ1) is 15.7. The van der Waals surface area contributed by atoms with Crippen LogP contribution >= 0.6 is 15.9 Å². The van der Waals surface area contributed by atoms with Gasteiger partial charge in [0.25, 0.3) is 5.56 Å². The van der Waals surface area contributed by atoms with Crippen molar-refractivity contribution in [2.45, 2.75) is 46.1 Å². The summed E-state index contributed by atoms with van der Waals surface area (Å²) in [5, 5.41) is 16.5. The summed E-state index contributed by atoms with van der Waals surface area (Å²) in [5.41, 5.74) is 0.386. The molecule has 3 aromatic rings. The Morgan fingerprint density at radius 3 is 2.61 bits per heavy atom. The molecule has 0 bridgehead atoms. The molecule has 2 aromatic carbocycles. The number of hydrogen-bond donors (Lipinski definition) is 0. The van der Waals surface area contributed by atoms with Crippen LogP contribution in [0.4, 0.5) is 5.69 Å². The first-order valence-electron chi connectivity index (χ1n) is 10.5. The summed E-state index contributed by atoms with van der Waals surface area (Å²) in [5.74, 6) is 0.724. The molecule has 1 heterocycles. The molecule has 0 amide bonds. The fourth-order valence-corrected chi connectivity index (χ4v) is 3.59. The molecule has 0 spiro atoms. The van der Waals surface area contributed by atoms with Gasteiger partial charge >= 0.3 is 5.69 Å². The predicted octanol–water partition coefficient (Wildman–Crippen LogP) is 5.26. The summed E-state index contributed by atoms with van der Waals surface area (Å²) in [6, 6.07) is 8.22. The zero-order valence-electron chi connectivity index (χ0n) is 19.0. The van der Waals surface area contributed by atoms with Gasteiger partial charge in [-0.05, 0) is 44.5 Å². The number of hydrogen-bond acceptors (Lipinski definition) is 7. The van der Waals surface area contributed by atoms with E-state index in [1.54, 1.807) is 32.0 Å². The number of methoxy groups -OCH3 is 1. The number of nitro groups is 1. The van der Waals surface area contributed by atoms with E-state index in [-0.39, 0.29) is 34.8 Å². The number of halogens is 1. The van der Waals surface area contributed by atoms with Crippen molar-refractivity contribution in [2.24, 2.45) is 5.10 Å². The molecule has 174 valence electrons. The fourth-order valence-electron chi connectivity index (χ4n) is 3.23. The quantitative estimate of drug-likeness (QED) is 0.229. The van der Waals surface area contributed by atoms with E-state index in [4.69, 9.17) is 9.47 Å². The van der Waals surface area contributed by atoms with Crippen molar-refractivity contribution in [1.82, 2.24) is 9.66 Å². The van der Waals surface area contributed by atoms with E-state index in [0.717, 1.165) is 10.9 Å². The zero-order valence-corrected chi connectivity index (χ0v) is 20.6. The van der Waals surface area contributed by atoms with Crippen LogP contribution < -0.4 is 15.0 Å². The predicted molar refractivity (Wildman–Crippen MR) is 131 cm³/mol. The minimum absolute atomic E-state index is 0.0337. The number of aromatic nitrogens is 2. The lowest BCUT2D eigenvalue weighted by Gasteiger charge is -2.15.